The fraction of sp³-hybridized carbons (Fsp3) is 0.409. The van der Waals surface area contributed by atoms with Crippen LogP contribution in [0.2, 0.25) is 5.02 Å². The van der Waals surface area contributed by atoms with Gasteiger partial charge in [-0.25, -0.2) is 0 Å². The number of aromatic nitrogens is 2. The highest BCUT2D eigenvalue weighted by Crippen LogP contribution is 2.49. The molecule has 0 radical (unpaired) electrons. The summed E-state index contributed by atoms with van der Waals surface area (Å²) in [7, 11) is -4.01. The van der Waals surface area contributed by atoms with Gasteiger partial charge >= 0.3 is 6.18 Å². The second-order valence-electron chi connectivity index (χ2n) is 8.82. The lowest BCUT2D eigenvalue weighted by molar-refractivity contribution is -0.147. The summed E-state index contributed by atoms with van der Waals surface area (Å²) in [6.45, 7) is 1.66. The quantitative estimate of drug-likeness (QED) is 0.532. The summed E-state index contributed by atoms with van der Waals surface area (Å²) >= 11 is 6.51. The van der Waals surface area contributed by atoms with Crippen LogP contribution in [0.25, 0.3) is 10.9 Å². The molecule has 3 aromatic rings. The van der Waals surface area contributed by atoms with Gasteiger partial charge < -0.3 is 4.90 Å². The Morgan fingerprint density at radius 1 is 1.09 bits per heavy atom. The second-order valence-corrected chi connectivity index (χ2v) is 11.0. The van der Waals surface area contributed by atoms with Crippen LogP contribution >= 0.6 is 11.6 Å². The Bertz CT molecular complexity index is 1320. The maximum Gasteiger partial charge on any atom is 0.401 e. The summed E-state index contributed by atoms with van der Waals surface area (Å²) in [4.78, 5) is 3.46. The minimum Gasteiger partial charge on any atom is -0.346 e. The number of nitrogens with zero attached hydrogens (tertiary/aromatic N) is 4. The van der Waals surface area contributed by atoms with Crippen LogP contribution in [0, 0.1) is 6.92 Å². The molecule has 1 spiro atoms. The van der Waals surface area contributed by atoms with Crippen LogP contribution < -0.4 is 4.90 Å². The van der Waals surface area contributed by atoms with Crippen LogP contribution in [-0.4, -0.2) is 60.4 Å². The van der Waals surface area contributed by atoms with Gasteiger partial charge in [0.2, 0.25) is 0 Å². The van der Waals surface area contributed by atoms with E-state index in [1.807, 2.05) is 11.8 Å². The van der Waals surface area contributed by atoms with Gasteiger partial charge in [0.25, 0.3) is 10.0 Å². The van der Waals surface area contributed by atoms with Crippen molar-refractivity contribution in [3.05, 3.63) is 53.1 Å². The topological polar surface area (TPSA) is 58.4 Å². The molecule has 0 bridgehead atoms. The van der Waals surface area contributed by atoms with E-state index in [-0.39, 0.29) is 18.0 Å². The van der Waals surface area contributed by atoms with Crippen LogP contribution in [-0.2, 0) is 10.0 Å². The second kappa shape index (κ2) is 7.61. The van der Waals surface area contributed by atoms with Crippen molar-refractivity contribution in [3.63, 3.8) is 0 Å². The number of anilines is 1. The molecule has 1 aliphatic heterocycles. The van der Waals surface area contributed by atoms with Gasteiger partial charge in [-0.2, -0.15) is 25.7 Å². The van der Waals surface area contributed by atoms with Crippen LogP contribution in [0.3, 0.4) is 0 Å². The summed E-state index contributed by atoms with van der Waals surface area (Å²) in [5.74, 6) is 0.399. The Labute approximate surface area is 194 Å². The molecule has 33 heavy (non-hydrogen) atoms. The maximum absolute atomic E-state index is 13.5. The molecule has 1 saturated carbocycles. The smallest absolute Gasteiger partial charge is 0.346 e. The van der Waals surface area contributed by atoms with Gasteiger partial charge in [0.15, 0.2) is 5.82 Å². The van der Waals surface area contributed by atoms with Crippen molar-refractivity contribution in [1.29, 1.82) is 0 Å². The summed E-state index contributed by atoms with van der Waals surface area (Å²) in [6, 6.07) is 11.4. The Morgan fingerprint density at radius 3 is 2.42 bits per heavy atom. The minimum atomic E-state index is -4.27. The third-order valence-corrected chi connectivity index (χ3v) is 8.29. The minimum absolute atomic E-state index is 0.0974. The first kappa shape index (κ1) is 22.5. The lowest BCUT2D eigenvalue weighted by Gasteiger charge is -2.42. The first-order valence-electron chi connectivity index (χ1n) is 10.6. The van der Waals surface area contributed by atoms with E-state index < -0.39 is 28.3 Å². The van der Waals surface area contributed by atoms with Crippen molar-refractivity contribution < 1.29 is 21.6 Å². The average molecular weight is 499 g/mol. The number of hydrogen-bond donors (Lipinski definition) is 0. The van der Waals surface area contributed by atoms with Crippen LogP contribution in [0.5, 0.6) is 0 Å². The number of alkyl halides is 3. The monoisotopic (exact) mass is 498 g/mol. The molecule has 0 unspecified atom stereocenters. The molecule has 1 aromatic heterocycles. The van der Waals surface area contributed by atoms with Crippen molar-refractivity contribution in [2.24, 2.45) is 0 Å². The molecule has 6 nitrogen and oxygen atoms in total. The highest BCUT2D eigenvalue weighted by Gasteiger charge is 2.53. The van der Waals surface area contributed by atoms with Crippen molar-refractivity contribution >= 4 is 38.3 Å². The molecule has 11 heteroatoms. The Balaban J connectivity index is 1.59. The van der Waals surface area contributed by atoms with E-state index in [1.54, 1.807) is 30.3 Å². The number of halogens is 4. The van der Waals surface area contributed by atoms with Gasteiger partial charge in [0.05, 0.1) is 32.9 Å². The predicted octanol–water partition coefficient (Wildman–Crippen LogP) is 4.45. The molecule has 0 atom stereocenters. The van der Waals surface area contributed by atoms with E-state index in [9.17, 15) is 21.6 Å². The van der Waals surface area contributed by atoms with Crippen LogP contribution in [0.1, 0.15) is 18.4 Å². The van der Waals surface area contributed by atoms with E-state index in [0.29, 0.717) is 41.1 Å². The fourth-order valence-electron chi connectivity index (χ4n) is 4.62. The molecule has 0 amide bonds. The SMILES string of the molecule is Cc1ccc(S(=O)(=O)n2nc(N3CCN(CC(F)(F)F)CC34CC4)c3c(Cl)cccc32)cc1. The zero-order chi connectivity index (χ0) is 23.6. The molecule has 2 heterocycles. The summed E-state index contributed by atoms with van der Waals surface area (Å²) in [6.07, 6.45) is -2.84. The third-order valence-electron chi connectivity index (χ3n) is 6.37. The van der Waals surface area contributed by atoms with Crippen molar-refractivity contribution in [2.45, 2.75) is 36.4 Å². The largest absolute Gasteiger partial charge is 0.401 e. The number of hydrogen-bond acceptors (Lipinski definition) is 5. The molecule has 0 N–H and O–H groups in total. The van der Waals surface area contributed by atoms with Gasteiger partial charge in [-0.1, -0.05) is 35.4 Å². The van der Waals surface area contributed by atoms with Gasteiger partial charge in [0.1, 0.15) is 0 Å². The van der Waals surface area contributed by atoms with Gasteiger partial charge in [-0.05, 0) is 44.0 Å². The Kier molecular flexibility index (Phi) is 5.19. The first-order chi connectivity index (χ1) is 15.5. The normalized spacial score (nSPS) is 18.9. The summed E-state index contributed by atoms with van der Waals surface area (Å²) < 4.78 is 66.8. The molecular weight excluding hydrogens is 477 g/mol. The molecular formula is C22H22ClF3N4O2S. The number of piperazine rings is 1. The van der Waals surface area contributed by atoms with Crippen LogP contribution in [0.4, 0.5) is 19.0 Å². The predicted molar refractivity (Wildman–Crippen MR) is 120 cm³/mol. The maximum atomic E-state index is 13.5. The van der Waals surface area contributed by atoms with E-state index >= 15 is 0 Å². The van der Waals surface area contributed by atoms with Crippen molar-refractivity contribution in [1.82, 2.24) is 14.1 Å². The van der Waals surface area contributed by atoms with Gasteiger partial charge in [0, 0.05) is 19.6 Å². The summed E-state index contributed by atoms with van der Waals surface area (Å²) in [5.41, 5.74) is 0.768. The number of rotatable bonds is 4. The fourth-order valence-corrected chi connectivity index (χ4v) is 6.15. The Morgan fingerprint density at radius 2 is 1.79 bits per heavy atom. The van der Waals surface area contributed by atoms with Crippen molar-refractivity contribution in [2.75, 3.05) is 31.1 Å². The molecule has 2 fully saturated rings. The number of benzene rings is 2. The van der Waals surface area contributed by atoms with E-state index in [4.69, 9.17) is 11.6 Å². The number of fused-ring (bicyclic) bond motifs is 1. The molecule has 1 aliphatic carbocycles. The van der Waals surface area contributed by atoms with E-state index in [1.165, 1.54) is 17.0 Å². The van der Waals surface area contributed by atoms with Crippen LogP contribution in [0.15, 0.2) is 47.4 Å². The van der Waals surface area contributed by atoms with E-state index in [2.05, 4.69) is 5.10 Å². The number of aryl methyl sites for hydroxylation is 1. The zero-order valence-electron chi connectivity index (χ0n) is 17.8. The van der Waals surface area contributed by atoms with Gasteiger partial charge in [-0.3, -0.25) is 4.90 Å². The lowest BCUT2D eigenvalue weighted by Crippen LogP contribution is -2.57. The Hall–Kier alpha value is -2.30. The third kappa shape index (κ3) is 3.98. The van der Waals surface area contributed by atoms with E-state index in [0.717, 1.165) is 9.65 Å². The first-order valence-corrected chi connectivity index (χ1v) is 12.4. The molecule has 176 valence electrons. The zero-order valence-corrected chi connectivity index (χ0v) is 19.4. The van der Waals surface area contributed by atoms with Gasteiger partial charge in [-0.15, -0.1) is 5.10 Å². The average Bonchev–Trinajstić information content (AvgIpc) is 3.36. The molecule has 1 saturated heterocycles. The van der Waals surface area contributed by atoms with Crippen molar-refractivity contribution in [3.8, 4) is 0 Å². The summed E-state index contributed by atoms with van der Waals surface area (Å²) in [5, 5.41) is 5.35. The lowest BCUT2D eigenvalue weighted by atomic mass is 10.1. The molecule has 2 aromatic carbocycles. The molecule has 5 rings (SSSR count). The highest BCUT2D eigenvalue weighted by atomic mass is 35.5. The molecule has 2 aliphatic rings. The standard InChI is InChI=1S/C22H22ClF3N4O2S/c1-15-5-7-16(8-6-15)33(31,32)30-18-4-2-3-17(23)19(18)20(27-30)29-12-11-28(14-22(24,25)26)13-21(29)9-10-21/h2-8H,9-14H2,1H3. The highest BCUT2D eigenvalue weighted by molar-refractivity contribution is 7.90.